The zero-order chi connectivity index (χ0) is 12.3. The van der Waals surface area contributed by atoms with Gasteiger partial charge in [-0.15, -0.1) is 0 Å². The van der Waals surface area contributed by atoms with Crippen LogP contribution in [0.4, 0.5) is 14.6 Å². The SMILES string of the molecule is Nc1ncnc2nc(CCOCC(F)F)[nH]c12. The van der Waals surface area contributed by atoms with Gasteiger partial charge >= 0.3 is 0 Å². The van der Waals surface area contributed by atoms with Crippen LogP contribution >= 0.6 is 0 Å². The second kappa shape index (κ2) is 5.00. The number of alkyl halides is 2. The van der Waals surface area contributed by atoms with Crippen molar-refractivity contribution in [1.29, 1.82) is 0 Å². The zero-order valence-electron chi connectivity index (χ0n) is 8.86. The van der Waals surface area contributed by atoms with Crippen molar-refractivity contribution < 1.29 is 13.5 Å². The van der Waals surface area contributed by atoms with Crippen molar-refractivity contribution in [3.05, 3.63) is 12.2 Å². The lowest BCUT2D eigenvalue weighted by Crippen LogP contribution is -2.07. The third-order valence-electron chi connectivity index (χ3n) is 2.09. The Morgan fingerprint density at radius 1 is 1.41 bits per heavy atom. The Hall–Kier alpha value is -1.83. The molecule has 17 heavy (non-hydrogen) atoms. The van der Waals surface area contributed by atoms with Crippen LogP contribution in [0.5, 0.6) is 0 Å². The van der Waals surface area contributed by atoms with Crippen molar-refractivity contribution in [3.8, 4) is 0 Å². The maximum absolute atomic E-state index is 11.8. The van der Waals surface area contributed by atoms with Gasteiger partial charge in [0.2, 0.25) is 0 Å². The lowest BCUT2D eigenvalue weighted by Gasteiger charge is -2.00. The fourth-order valence-corrected chi connectivity index (χ4v) is 1.35. The molecule has 2 aromatic heterocycles. The molecule has 0 amide bonds. The molecule has 0 fully saturated rings. The molecule has 2 heterocycles. The van der Waals surface area contributed by atoms with Crippen LogP contribution in [-0.2, 0) is 11.2 Å². The molecule has 0 bridgehead atoms. The summed E-state index contributed by atoms with van der Waals surface area (Å²) in [4.78, 5) is 14.8. The monoisotopic (exact) mass is 243 g/mol. The molecular weight excluding hydrogens is 232 g/mol. The highest BCUT2D eigenvalue weighted by Crippen LogP contribution is 2.13. The zero-order valence-corrected chi connectivity index (χ0v) is 8.86. The molecule has 92 valence electrons. The molecule has 2 aromatic rings. The Labute approximate surface area is 95.2 Å². The van der Waals surface area contributed by atoms with Gasteiger partial charge in [0, 0.05) is 6.42 Å². The molecule has 0 saturated carbocycles. The highest BCUT2D eigenvalue weighted by molar-refractivity contribution is 5.80. The summed E-state index contributed by atoms with van der Waals surface area (Å²) in [5.74, 6) is 0.892. The number of rotatable bonds is 5. The van der Waals surface area contributed by atoms with Gasteiger partial charge < -0.3 is 15.5 Å². The van der Waals surface area contributed by atoms with Crippen LogP contribution in [0.25, 0.3) is 11.2 Å². The summed E-state index contributed by atoms with van der Waals surface area (Å²) in [5.41, 5.74) is 6.62. The number of halogens is 2. The minimum Gasteiger partial charge on any atom is -0.382 e. The number of hydrogen-bond acceptors (Lipinski definition) is 5. The van der Waals surface area contributed by atoms with Crippen molar-refractivity contribution in [1.82, 2.24) is 19.9 Å². The maximum Gasteiger partial charge on any atom is 0.261 e. The van der Waals surface area contributed by atoms with E-state index in [4.69, 9.17) is 10.5 Å². The first-order valence-corrected chi connectivity index (χ1v) is 4.98. The van der Waals surface area contributed by atoms with Gasteiger partial charge in [-0.3, -0.25) is 0 Å². The molecular formula is C9H11F2N5O. The Bertz CT molecular complexity index is 501. The van der Waals surface area contributed by atoms with Crippen molar-refractivity contribution in [2.45, 2.75) is 12.8 Å². The number of ether oxygens (including phenoxy) is 1. The molecule has 0 aliphatic rings. The standard InChI is InChI=1S/C9H11F2N5O/c10-5(11)3-17-2-1-6-15-7-8(12)13-4-14-9(7)16-6/h4-5H,1-3H2,(H3,12,13,14,15,16). The van der Waals surface area contributed by atoms with Gasteiger partial charge in [0.25, 0.3) is 6.43 Å². The molecule has 0 spiro atoms. The van der Waals surface area contributed by atoms with Gasteiger partial charge in [-0.25, -0.2) is 23.7 Å². The van der Waals surface area contributed by atoms with Crippen molar-refractivity contribution >= 4 is 17.0 Å². The van der Waals surface area contributed by atoms with E-state index in [2.05, 4.69) is 19.9 Å². The Morgan fingerprint density at radius 2 is 2.24 bits per heavy atom. The summed E-state index contributed by atoms with van der Waals surface area (Å²) in [6.07, 6.45) is -0.745. The Morgan fingerprint density at radius 3 is 2.94 bits per heavy atom. The number of hydrogen-bond donors (Lipinski definition) is 2. The fraction of sp³-hybridized carbons (Fsp3) is 0.444. The summed E-state index contributed by atoms with van der Waals surface area (Å²) in [7, 11) is 0. The van der Waals surface area contributed by atoms with Crippen LogP contribution in [0.2, 0.25) is 0 Å². The molecule has 2 rings (SSSR count). The summed E-state index contributed by atoms with van der Waals surface area (Å²) >= 11 is 0. The molecule has 8 heteroatoms. The van der Waals surface area contributed by atoms with E-state index in [1.165, 1.54) is 6.33 Å². The van der Waals surface area contributed by atoms with Crippen LogP contribution in [0.15, 0.2) is 6.33 Å². The number of fused-ring (bicyclic) bond motifs is 1. The van der Waals surface area contributed by atoms with Gasteiger partial charge in [-0.1, -0.05) is 0 Å². The Balaban J connectivity index is 1.98. The van der Waals surface area contributed by atoms with Crippen molar-refractivity contribution in [3.63, 3.8) is 0 Å². The van der Waals surface area contributed by atoms with Crippen LogP contribution in [0, 0.1) is 0 Å². The molecule has 0 aromatic carbocycles. The molecule has 0 radical (unpaired) electrons. The number of nitrogen functional groups attached to an aromatic ring is 1. The van der Waals surface area contributed by atoms with Crippen LogP contribution in [-0.4, -0.2) is 39.6 Å². The van der Waals surface area contributed by atoms with Gasteiger partial charge in [0.15, 0.2) is 11.5 Å². The highest BCUT2D eigenvalue weighted by Gasteiger charge is 2.07. The smallest absolute Gasteiger partial charge is 0.261 e. The minimum absolute atomic E-state index is 0.164. The third kappa shape index (κ3) is 2.84. The van der Waals surface area contributed by atoms with E-state index in [0.29, 0.717) is 29.2 Å². The largest absolute Gasteiger partial charge is 0.382 e. The van der Waals surface area contributed by atoms with Gasteiger partial charge in [-0.2, -0.15) is 0 Å². The second-order valence-corrected chi connectivity index (χ2v) is 3.36. The highest BCUT2D eigenvalue weighted by atomic mass is 19.3. The van der Waals surface area contributed by atoms with Crippen molar-refractivity contribution in [2.75, 3.05) is 18.9 Å². The van der Waals surface area contributed by atoms with E-state index < -0.39 is 13.0 Å². The van der Waals surface area contributed by atoms with E-state index in [9.17, 15) is 8.78 Å². The predicted molar refractivity (Wildman–Crippen MR) is 56.6 cm³/mol. The van der Waals surface area contributed by atoms with Gasteiger partial charge in [0.1, 0.15) is 24.3 Å². The molecule has 0 saturated heterocycles. The number of anilines is 1. The third-order valence-corrected chi connectivity index (χ3v) is 2.09. The van der Waals surface area contributed by atoms with Crippen LogP contribution in [0.1, 0.15) is 5.82 Å². The molecule has 0 unspecified atom stereocenters. The number of H-pyrrole nitrogens is 1. The quantitative estimate of drug-likeness (QED) is 0.756. The molecule has 0 aliphatic heterocycles. The van der Waals surface area contributed by atoms with Gasteiger partial charge in [0.05, 0.1) is 6.61 Å². The van der Waals surface area contributed by atoms with E-state index >= 15 is 0 Å². The van der Waals surface area contributed by atoms with Gasteiger partial charge in [-0.05, 0) is 0 Å². The van der Waals surface area contributed by atoms with E-state index in [-0.39, 0.29) is 6.61 Å². The van der Waals surface area contributed by atoms with Crippen LogP contribution < -0.4 is 5.73 Å². The lowest BCUT2D eigenvalue weighted by atomic mass is 10.4. The van der Waals surface area contributed by atoms with E-state index in [1.54, 1.807) is 0 Å². The van der Waals surface area contributed by atoms with E-state index in [1.807, 2.05) is 0 Å². The van der Waals surface area contributed by atoms with Crippen LogP contribution in [0.3, 0.4) is 0 Å². The normalized spacial score (nSPS) is 11.5. The summed E-state index contributed by atoms with van der Waals surface area (Å²) in [6, 6.07) is 0. The average molecular weight is 243 g/mol. The van der Waals surface area contributed by atoms with E-state index in [0.717, 1.165) is 0 Å². The Kier molecular flexibility index (Phi) is 3.43. The summed E-state index contributed by atoms with van der Waals surface area (Å²) < 4.78 is 28.3. The summed E-state index contributed by atoms with van der Waals surface area (Å²) in [5, 5.41) is 0. The molecule has 0 atom stereocenters. The average Bonchev–Trinajstić information content (AvgIpc) is 2.69. The van der Waals surface area contributed by atoms with Crippen molar-refractivity contribution in [2.24, 2.45) is 0 Å². The maximum atomic E-state index is 11.8. The predicted octanol–water partition coefficient (Wildman–Crippen LogP) is 0.759. The molecule has 3 N–H and O–H groups in total. The molecule has 6 nitrogen and oxygen atoms in total. The first-order valence-electron chi connectivity index (χ1n) is 4.98. The second-order valence-electron chi connectivity index (χ2n) is 3.36. The number of aromatic amines is 1. The lowest BCUT2D eigenvalue weighted by molar-refractivity contribution is 0.0183. The minimum atomic E-state index is -2.45. The number of nitrogens with zero attached hydrogens (tertiary/aromatic N) is 3. The molecule has 0 aliphatic carbocycles. The number of aromatic nitrogens is 4. The fourth-order valence-electron chi connectivity index (χ4n) is 1.35. The number of nitrogens with one attached hydrogen (secondary N) is 1. The number of nitrogens with two attached hydrogens (primary N) is 1. The topological polar surface area (TPSA) is 89.7 Å². The first kappa shape index (κ1) is 11.6. The summed E-state index contributed by atoms with van der Waals surface area (Å²) in [6.45, 7) is -0.403. The first-order chi connectivity index (χ1) is 8.16. The number of imidazole rings is 1.